The van der Waals surface area contributed by atoms with E-state index >= 15 is 0 Å². The summed E-state index contributed by atoms with van der Waals surface area (Å²) in [6, 6.07) is -1.68. The van der Waals surface area contributed by atoms with Crippen molar-refractivity contribution < 1.29 is 40.9 Å². The van der Waals surface area contributed by atoms with Gasteiger partial charge in [0.25, 0.3) is 5.75 Å². The minimum Gasteiger partial charge on any atom is -0.480 e. The van der Waals surface area contributed by atoms with Crippen molar-refractivity contribution in [3.8, 4) is 5.75 Å². The highest BCUT2D eigenvalue weighted by molar-refractivity contribution is 7.39. The normalized spacial score (nSPS) is 13.0. The van der Waals surface area contributed by atoms with E-state index in [1.165, 1.54) is 0 Å². The molecule has 0 spiro atoms. The molecule has 20 heavy (non-hydrogen) atoms. The first-order chi connectivity index (χ1) is 9.16. The third-order valence-corrected chi connectivity index (χ3v) is 3.10. The monoisotopic (exact) mass is 318 g/mol. The van der Waals surface area contributed by atoms with Crippen LogP contribution in [0.5, 0.6) is 5.75 Å². The summed E-state index contributed by atoms with van der Waals surface area (Å²) in [5, 5.41) is 8.40. The van der Waals surface area contributed by atoms with Gasteiger partial charge < -0.3 is 10.8 Å². The number of carboxylic acids is 1. The summed E-state index contributed by atoms with van der Waals surface area (Å²) in [5.74, 6) is -14.9. The number of carbonyl (C=O) groups is 1. The maximum Gasteiger partial charge on any atom is 0.558 e. The number of hydrogen-bond acceptors (Lipinski definition) is 4. The summed E-state index contributed by atoms with van der Waals surface area (Å²) in [5.41, 5.74) is 4.97. The van der Waals surface area contributed by atoms with Crippen LogP contribution in [0.15, 0.2) is 0 Å². The molecule has 3 N–H and O–H groups in total. The Hall–Kier alpha value is -1.80. The van der Waals surface area contributed by atoms with E-state index in [0.717, 1.165) is 0 Å². The lowest BCUT2D eigenvalue weighted by atomic mass is 10.3. The molecule has 0 saturated heterocycles. The largest absolute Gasteiger partial charge is 0.558 e. The molecule has 1 rings (SSSR count). The maximum absolute atomic E-state index is 13.1. The second-order valence-corrected chi connectivity index (χ2v) is 4.66. The number of benzene rings is 1. The maximum atomic E-state index is 13.1. The number of nitrogens with two attached hydrogens (primary N) is 1. The number of hydrogen-bond donors (Lipinski definition) is 2. The third-order valence-electron chi connectivity index (χ3n) is 2.03. The fourth-order valence-electron chi connectivity index (χ4n) is 1.04. The van der Waals surface area contributed by atoms with Gasteiger partial charge in [0.15, 0.2) is 6.04 Å². The van der Waals surface area contributed by atoms with E-state index in [9.17, 15) is 31.3 Å². The molecule has 0 saturated carbocycles. The molecule has 0 aromatic heterocycles. The van der Waals surface area contributed by atoms with E-state index in [1.807, 2.05) is 0 Å². The topological polar surface area (TPSA) is 89.6 Å². The van der Waals surface area contributed by atoms with Gasteiger partial charge in [-0.05, 0) is 4.57 Å². The molecule has 0 aliphatic rings. The van der Waals surface area contributed by atoms with E-state index in [2.05, 4.69) is 4.52 Å². The zero-order chi connectivity index (χ0) is 15.6. The predicted molar refractivity (Wildman–Crippen MR) is 54.9 cm³/mol. The smallest absolute Gasteiger partial charge is 0.480 e. The van der Waals surface area contributed by atoms with Crippen molar-refractivity contribution in [3.05, 3.63) is 29.1 Å². The van der Waals surface area contributed by atoms with Crippen molar-refractivity contribution in [3.63, 3.8) is 0 Å². The molecule has 0 amide bonds. The Balaban J connectivity index is 3.05. The highest BCUT2D eigenvalue weighted by Gasteiger charge is 2.35. The molecule has 1 unspecified atom stereocenters. The van der Waals surface area contributed by atoms with Gasteiger partial charge in [0.05, 0.1) is 0 Å². The zero-order valence-corrected chi connectivity index (χ0v) is 10.3. The van der Waals surface area contributed by atoms with Gasteiger partial charge in [-0.1, -0.05) is 0 Å². The lowest BCUT2D eigenvalue weighted by Crippen LogP contribution is -2.32. The van der Waals surface area contributed by atoms with Gasteiger partial charge in [0.1, 0.15) is 0 Å². The van der Waals surface area contributed by atoms with Gasteiger partial charge in [-0.2, -0.15) is 8.78 Å². The van der Waals surface area contributed by atoms with Crippen molar-refractivity contribution in [1.82, 2.24) is 0 Å². The summed E-state index contributed by atoms with van der Waals surface area (Å²) >= 11 is 0. The van der Waals surface area contributed by atoms with Crippen LogP contribution in [0.25, 0.3) is 0 Å². The van der Waals surface area contributed by atoms with Crippen LogP contribution in [0.3, 0.4) is 0 Å². The molecular weight excluding hydrogens is 312 g/mol. The van der Waals surface area contributed by atoms with E-state index in [-0.39, 0.29) is 0 Å². The van der Waals surface area contributed by atoms with Crippen molar-refractivity contribution in [2.45, 2.75) is 6.04 Å². The molecule has 0 heterocycles. The van der Waals surface area contributed by atoms with E-state index in [1.54, 1.807) is 0 Å². The molecule has 2 atom stereocenters. The van der Waals surface area contributed by atoms with Crippen molar-refractivity contribution in [2.75, 3.05) is 6.16 Å². The number of rotatable bonds is 5. The molecule has 1 aromatic carbocycles. The van der Waals surface area contributed by atoms with Crippen LogP contribution in [-0.2, 0) is 9.36 Å². The van der Waals surface area contributed by atoms with Gasteiger partial charge in [0.2, 0.25) is 35.2 Å². The van der Waals surface area contributed by atoms with Crippen molar-refractivity contribution in [2.24, 2.45) is 5.73 Å². The number of halogens is 5. The van der Waals surface area contributed by atoms with Gasteiger partial charge in [0, 0.05) is 0 Å². The standard InChI is InChI=1S/C9H5F5NO4P/c10-3-4(11)6(13)8(7(14)5(3)12)19-20(18)1-2(15)9(16)17/h2H,1,15H2/p+1/t2-/m0/s1. The second-order valence-electron chi connectivity index (χ2n) is 3.45. The molecule has 0 fully saturated rings. The third kappa shape index (κ3) is 3.20. The summed E-state index contributed by atoms with van der Waals surface area (Å²) in [4.78, 5) is 10.3. The van der Waals surface area contributed by atoms with E-state index in [0.29, 0.717) is 0 Å². The molecule has 5 nitrogen and oxygen atoms in total. The number of aliphatic carboxylic acids is 1. The average Bonchev–Trinajstić information content (AvgIpc) is 2.39. The summed E-state index contributed by atoms with van der Waals surface area (Å²) < 4.78 is 79.9. The Kier molecular flexibility index (Phi) is 4.96. The first kappa shape index (κ1) is 16.3. The molecule has 1 aromatic rings. The van der Waals surface area contributed by atoms with Crippen LogP contribution in [0.2, 0.25) is 0 Å². The van der Waals surface area contributed by atoms with Crippen LogP contribution < -0.4 is 10.3 Å². The molecule has 0 aliphatic heterocycles. The summed E-state index contributed by atoms with van der Waals surface area (Å²) in [7, 11) is -3.09. The quantitative estimate of drug-likeness (QED) is 0.375. The second kappa shape index (κ2) is 6.10. The minimum atomic E-state index is -3.09. The van der Waals surface area contributed by atoms with E-state index in [4.69, 9.17) is 10.8 Å². The SMILES string of the molecule is N[C@@H](C[P+](=O)Oc1c(F)c(F)c(F)c(F)c1F)C(=O)O. The van der Waals surface area contributed by atoms with Crippen LogP contribution >= 0.6 is 8.03 Å². The van der Waals surface area contributed by atoms with Crippen LogP contribution in [0.1, 0.15) is 0 Å². The molecule has 0 aliphatic carbocycles. The first-order valence-corrected chi connectivity index (χ1v) is 6.15. The Morgan fingerprint density at radius 2 is 1.50 bits per heavy atom. The van der Waals surface area contributed by atoms with Crippen LogP contribution in [-0.4, -0.2) is 23.3 Å². The van der Waals surface area contributed by atoms with Gasteiger partial charge in [-0.25, -0.2) is 17.7 Å². The average molecular weight is 318 g/mol. The van der Waals surface area contributed by atoms with E-state index < -0.39 is 61.0 Å². The molecule has 0 radical (unpaired) electrons. The highest BCUT2D eigenvalue weighted by Crippen LogP contribution is 2.35. The van der Waals surface area contributed by atoms with Crippen LogP contribution in [0, 0.1) is 29.1 Å². The Labute approximate surface area is 109 Å². The van der Waals surface area contributed by atoms with Gasteiger partial charge >= 0.3 is 14.0 Å². The van der Waals surface area contributed by atoms with Crippen LogP contribution in [0.4, 0.5) is 22.0 Å². The lowest BCUT2D eigenvalue weighted by molar-refractivity contribution is -0.137. The summed E-state index contributed by atoms with van der Waals surface area (Å²) in [6.45, 7) is 0. The first-order valence-electron chi connectivity index (χ1n) is 4.79. The Morgan fingerprint density at radius 1 is 1.10 bits per heavy atom. The summed E-state index contributed by atoms with van der Waals surface area (Å²) in [6.07, 6.45) is -0.871. The fourth-order valence-corrected chi connectivity index (χ4v) is 1.96. The molecular formula is C9H6F5NO4P+. The fraction of sp³-hybridized carbons (Fsp3) is 0.222. The Bertz CT molecular complexity index is 553. The van der Waals surface area contributed by atoms with Gasteiger partial charge in [-0.15, -0.1) is 0 Å². The Morgan fingerprint density at radius 3 is 1.90 bits per heavy atom. The zero-order valence-electron chi connectivity index (χ0n) is 9.37. The molecule has 0 bridgehead atoms. The lowest BCUT2D eigenvalue weighted by Gasteiger charge is -2.03. The van der Waals surface area contributed by atoms with Crippen molar-refractivity contribution >= 4 is 14.0 Å². The minimum absolute atomic E-state index is 0.871. The predicted octanol–water partition coefficient (Wildman–Crippen LogP) is 1.92. The molecule has 11 heteroatoms. The van der Waals surface area contributed by atoms with Crippen molar-refractivity contribution in [1.29, 1.82) is 0 Å². The van der Waals surface area contributed by atoms with Gasteiger partial charge in [-0.3, -0.25) is 4.79 Å². The number of carboxylic acid groups (broad SMARTS) is 1. The highest BCUT2D eigenvalue weighted by atomic mass is 31.1. The molecule has 110 valence electrons.